The second-order valence-electron chi connectivity index (χ2n) is 5.16. The molecule has 4 nitrogen and oxygen atoms in total. The molecular weight excluding hydrogens is 286 g/mol. The summed E-state index contributed by atoms with van der Waals surface area (Å²) in [6.07, 6.45) is 5.09. The van der Waals surface area contributed by atoms with Crippen LogP contribution in [0.15, 0.2) is 18.2 Å². The van der Waals surface area contributed by atoms with E-state index in [9.17, 15) is 9.59 Å². The van der Waals surface area contributed by atoms with E-state index in [2.05, 4.69) is 0 Å². The van der Waals surface area contributed by atoms with Gasteiger partial charge in [0, 0.05) is 28.9 Å². The van der Waals surface area contributed by atoms with Gasteiger partial charge >= 0.3 is 5.97 Å². The molecule has 0 bridgehead atoms. The zero-order valence-electron chi connectivity index (χ0n) is 12.5. The first-order valence-electron chi connectivity index (χ1n) is 7.30. The molecule has 0 spiro atoms. The summed E-state index contributed by atoms with van der Waals surface area (Å²) in [6, 6.07) is 4.04. The minimum absolute atomic E-state index is 0.0324. The van der Waals surface area contributed by atoms with E-state index in [1.54, 1.807) is 29.2 Å². The number of aryl methyl sites for hydroxylation is 1. The minimum atomic E-state index is -0.187. The molecule has 0 aromatic carbocycles. The Morgan fingerprint density at radius 3 is 2.95 bits per heavy atom. The predicted molar refractivity (Wildman–Crippen MR) is 84.0 cm³/mol. The van der Waals surface area contributed by atoms with E-state index in [-0.39, 0.29) is 17.8 Å². The van der Waals surface area contributed by atoms with E-state index in [4.69, 9.17) is 4.74 Å². The van der Waals surface area contributed by atoms with Crippen LogP contribution in [0.1, 0.15) is 29.5 Å². The van der Waals surface area contributed by atoms with Crippen molar-refractivity contribution in [2.45, 2.75) is 26.7 Å². The van der Waals surface area contributed by atoms with Gasteiger partial charge in [-0.2, -0.15) is 0 Å². The van der Waals surface area contributed by atoms with Crippen LogP contribution in [0.2, 0.25) is 0 Å². The van der Waals surface area contributed by atoms with E-state index in [0.717, 1.165) is 17.7 Å². The van der Waals surface area contributed by atoms with Crippen molar-refractivity contribution in [1.82, 2.24) is 4.90 Å². The fourth-order valence-corrected chi connectivity index (χ4v) is 3.21. The summed E-state index contributed by atoms with van der Waals surface area (Å²) in [5.41, 5.74) is 0. The number of carbonyl (C=O) groups is 2. The molecule has 0 saturated carbocycles. The number of amides is 1. The molecule has 1 saturated heterocycles. The molecule has 0 aliphatic carbocycles. The van der Waals surface area contributed by atoms with Crippen LogP contribution in [0, 0.1) is 12.8 Å². The Morgan fingerprint density at radius 1 is 1.48 bits per heavy atom. The zero-order valence-corrected chi connectivity index (χ0v) is 13.3. The van der Waals surface area contributed by atoms with Crippen molar-refractivity contribution in [3.8, 4) is 0 Å². The van der Waals surface area contributed by atoms with E-state index >= 15 is 0 Å². The fourth-order valence-electron chi connectivity index (χ4n) is 2.43. The highest BCUT2D eigenvalue weighted by Gasteiger charge is 2.28. The van der Waals surface area contributed by atoms with Crippen LogP contribution in [0.4, 0.5) is 0 Å². The lowest BCUT2D eigenvalue weighted by Crippen LogP contribution is -2.42. The summed E-state index contributed by atoms with van der Waals surface area (Å²) in [5.74, 6) is -0.400. The SMILES string of the molecule is CCOC(=O)[C@@H]1CCCN(C(=O)/C=C\c2ccc(C)s2)C1. The first-order chi connectivity index (χ1) is 10.1. The van der Waals surface area contributed by atoms with Gasteiger partial charge in [-0.15, -0.1) is 11.3 Å². The number of thiophene rings is 1. The standard InChI is InChI=1S/C16H21NO3S/c1-3-20-16(19)13-5-4-10-17(11-13)15(18)9-8-14-7-6-12(2)21-14/h6-9,13H,3-5,10-11H2,1-2H3/b9-8-/t13-/m1/s1. The molecule has 0 N–H and O–H groups in total. The van der Waals surface area contributed by atoms with Crippen molar-refractivity contribution < 1.29 is 14.3 Å². The maximum absolute atomic E-state index is 12.2. The van der Waals surface area contributed by atoms with Gasteiger partial charge < -0.3 is 9.64 Å². The average Bonchev–Trinajstić information content (AvgIpc) is 2.91. The van der Waals surface area contributed by atoms with Crippen LogP contribution < -0.4 is 0 Å². The maximum Gasteiger partial charge on any atom is 0.310 e. The summed E-state index contributed by atoms with van der Waals surface area (Å²) in [6.45, 7) is 5.41. The van der Waals surface area contributed by atoms with Crippen molar-refractivity contribution in [3.05, 3.63) is 28.0 Å². The van der Waals surface area contributed by atoms with Crippen molar-refractivity contribution >= 4 is 29.3 Å². The van der Waals surface area contributed by atoms with Gasteiger partial charge in [0.05, 0.1) is 12.5 Å². The van der Waals surface area contributed by atoms with Crippen LogP contribution in [-0.2, 0) is 14.3 Å². The van der Waals surface area contributed by atoms with E-state index in [1.807, 2.05) is 25.1 Å². The summed E-state index contributed by atoms with van der Waals surface area (Å²) in [4.78, 5) is 28.0. The number of hydrogen-bond donors (Lipinski definition) is 0. The molecule has 1 fully saturated rings. The monoisotopic (exact) mass is 307 g/mol. The topological polar surface area (TPSA) is 46.6 Å². The third-order valence-corrected chi connectivity index (χ3v) is 4.47. The summed E-state index contributed by atoms with van der Waals surface area (Å²) < 4.78 is 5.05. The van der Waals surface area contributed by atoms with Gasteiger partial charge in [0.15, 0.2) is 0 Å². The molecule has 1 amide bonds. The number of carbonyl (C=O) groups excluding carboxylic acids is 2. The zero-order chi connectivity index (χ0) is 15.2. The highest BCUT2D eigenvalue weighted by atomic mass is 32.1. The Bertz CT molecular complexity index is 535. The molecule has 1 aliphatic rings. The predicted octanol–water partition coefficient (Wildman–Crippen LogP) is 2.87. The number of ether oxygens (including phenoxy) is 1. The molecule has 21 heavy (non-hydrogen) atoms. The summed E-state index contributed by atoms with van der Waals surface area (Å²) >= 11 is 1.66. The minimum Gasteiger partial charge on any atom is -0.466 e. The molecule has 0 radical (unpaired) electrons. The lowest BCUT2D eigenvalue weighted by Gasteiger charge is -2.30. The summed E-state index contributed by atoms with van der Waals surface area (Å²) in [7, 11) is 0. The molecule has 2 heterocycles. The van der Waals surface area contributed by atoms with Crippen LogP contribution in [-0.4, -0.2) is 36.5 Å². The van der Waals surface area contributed by atoms with Gasteiger partial charge in [0.2, 0.25) is 5.91 Å². The number of likely N-dealkylation sites (tertiary alicyclic amines) is 1. The van der Waals surface area contributed by atoms with Gasteiger partial charge in [-0.05, 0) is 44.9 Å². The van der Waals surface area contributed by atoms with Crippen molar-refractivity contribution in [2.24, 2.45) is 5.92 Å². The lowest BCUT2D eigenvalue weighted by atomic mass is 9.98. The van der Waals surface area contributed by atoms with Gasteiger partial charge in [-0.1, -0.05) is 0 Å². The molecule has 5 heteroatoms. The van der Waals surface area contributed by atoms with Gasteiger partial charge in [0.25, 0.3) is 0 Å². The number of rotatable bonds is 4. The van der Waals surface area contributed by atoms with Crippen molar-refractivity contribution in [3.63, 3.8) is 0 Å². The Kier molecular flexibility index (Phi) is 5.56. The highest BCUT2D eigenvalue weighted by Crippen LogP contribution is 2.20. The normalized spacial score (nSPS) is 19.0. The Morgan fingerprint density at radius 2 is 2.29 bits per heavy atom. The highest BCUT2D eigenvalue weighted by molar-refractivity contribution is 7.12. The van der Waals surface area contributed by atoms with Gasteiger partial charge in [-0.3, -0.25) is 9.59 Å². The van der Waals surface area contributed by atoms with E-state index in [0.29, 0.717) is 19.7 Å². The molecule has 1 aromatic rings. The fraction of sp³-hybridized carbons (Fsp3) is 0.500. The second kappa shape index (κ2) is 7.41. The van der Waals surface area contributed by atoms with Crippen molar-refractivity contribution in [1.29, 1.82) is 0 Å². The van der Waals surface area contributed by atoms with Gasteiger partial charge in [0.1, 0.15) is 0 Å². The third-order valence-electron chi connectivity index (χ3n) is 3.50. The average molecular weight is 307 g/mol. The van der Waals surface area contributed by atoms with Crippen LogP contribution in [0.5, 0.6) is 0 Å². The first kappa shape index (κ1) is 15.8. The van der Waals surface area contributed by atoms with Crippen LogP contribution in [0.3, 0.4) is 0 Å². The maximum atomic E-state index is 12.2. The van der Waals surface area contributed by atoms with Crippen LogP contribution >= 0.6 is 11.3 Å². The molecule has 0 unspecified atom stereocenters. The Labute approximate surface area is 129 Å². The molecule has 1 aliphatic heterocycles. The van der Waals surface area contributed by atoms with E-state index in [1.165, 1.54) is 4.88 Å². The van der Waals surface area contributed by atoms with Gasteiger partial charge in [-0.25, -0.2) is 0 Å². The Hall–Kier alpha value is -1.62. The van der Waals surface area contributed by atoms with Crippen LogP contribution in [0.25, 0.3) is 6.08 Å². The lowest BCUT2D eigenvalue weighted by molar-refractivity contribution is -0.150. The largest absolute Gasteiger partial charge is 0.466 e. The smallest absolute Gasteiger partial charge is 0.310 e. The number of nitrogens with zero attached hydrogens (tertiary/aromatic N) is 1. The quantitative estimate of drug-likeness (QED) is 0.635. The molecule has 2 rings (SSSR count). The van der Waals surface area contributed by atoms with E-state index < -0.39 is 0 Å². The molecule has 114 valence electrons. The van der Waals surface area contributed by atoms with Crippen molar-refractivity contribution in [2.75, 3.05) is 19.7 Å². The molecule has 1 atom stereocenters. The Balaban J connectivity index is 1.92. The molecule has 1 aromatic heterocycles. The third kappa shape index (κ3) is 4.43. The second-order valence-corrected chi connectivity index (χ2v) is 6.48. The number of esters is 1. The summed E-state index contributed by atoms with van der Waals surface area (Å²) in [5, 5.41) is 0. The number of hydrogen-bond acceptors (Lipinski definition) is 4. The first-order valence-corrected chi connectivity index (χ1v) is 8.12. The number of piperidine rings is 1. The molecular formula is C16H21NO3S.